The van der Waals surface area contributed by atoms with E-state index < -0.39 is 10.8 Å². The van der Waals surface area contributed by atoms with Crippen molar-refractivity contribution in [2.75, 3.05) is 18.6 Å². The molecule has 1 aromatic rings. The number of methoxy groups -OCH3 is 1. The SMILES string of the molecule is COc1ccc(CNC2CCS(=O)CC2)cc1C#N. The van der Waals surface area contributed by atoms with E-state index in [0.29, 0.717) is 17.4 Å². The van der Waals surface area contributed by atoms with Gasteiger partial charge in [0.15, 0.2) is 0 Å². The van der Waals surface area contributed by atoms with Gasteiger partial charge in [-0.15, -0.1) is 0 Å². The first-order chi connectivity index (χ1) is 9.22. The van der Waals surface area contributed by atoms with Crippen molar-refractivity contribution in [1.82, 2.24) is 5.32 Å². The molecule has 4 nitrogen and oxygen atoms in total. The molecule has 102 valence electrons. The molecular formula is C14H18N2O2S. The van der Waals surface area contributed by atoms with Gasteiger partial charge in [0, 0.05) is 34.9 Å². The quantitative estimate of drug-likeness (QED) is 0.908. The van der Waals surface area contributed by atoms with Gasteiger partial charge in [-0.2, -0.15) is 5.26 Å². The lowest BCUT2D eigenvalue weighted by Crippen LogP contribution is -2.35. The largest absolute Gasteiger partial charge is 0.495 e. The van der Waals surface area contributed by atoms with Crippen molar-refractivity contribution in [2.24, 2.45) is 0 Å². The molecule has 0 spiro atoms. The zero-order valence-corrected chi connectivity index (χ0v) is 11.8. The van der Waals surface area contributed by atoms with Crippen LogP contribution in [0.1, 0.15) is 24.0 Å². The van der Waals surface area contributed by atoms with E-state index in [4.69, 9.17) is 10.00 Å². The minimum atomic E-state index is -0.618. The molecule has 2 rings (SSSR count). The van der Waals surface area contributed by atoms with Crippen molar-refractivity contribution in [3.8, 4) is 11.8 Å². The van der Waals surface area contributed by atoms with E-state index in [-0.39, 0.29) is 0 Å². The van der Waals surface area contributed by atoms with Crippen LogP contribution < -0.4 is 10.1 Å². The molecule has 0 bridgehead atoms. The van der Waals surface area contributed by atoms with Crippen LogP contribution in [-0.4, -0.2) is 28.9 Å². The van der Waals surface area contributed by atoms with Gasteiger partial charge in [0.25, 0.3) is 0 Å². The summed E-state index contributed by atoms with van der Waals surface area (Å²) in [5, 5.41) is 12.5. The molecule has 0 atom stereocenters. The lowest BCUT2D eigenvalue weighted by Gasteiger charge is -2.22. The molecule has 19 heavy (non-hydrogen) atoms. The molecule has 0 amide bonds. The van der Waals surface area contributed by atoms with E-state index in [1.165, 1.54) is 0 Å². The van der Waals surface area contributed by atoms with Crippen LogP contribution in [0, 0.1) is 11.3 Å². The van der Waals surface area contributed by atoms with Gasteiger partial charge in [-0.05, 0) is 30.5 Å². The summed E-state index contributed by atoms with van der Waals surface area (Å²) >= 11 is 0. The van der Waals surface area contributed by atoms with Crippen LogP contribution >= 0.6 is 0 Å². The maximum atomic E-state index is 11.3. The maximum Gasteiger partial charge on any atom is 0.136 e. The van der Waals surface area contributed by atoms with Gasteiger partial charge in [-0.25, -0.2) is 0 Å². The highest BCUT2D eigenvalue weighted by Gasteiger charge is 2.17. The topological polar surface area (TPSA) is 62.1 Å². The Hall–Kier alpha value is -1.38. The van der Waals surface area contributed by atoms with Crippen LogP contribution in [0.2, 0.25) is 0 Å². The molecule has 0 aliphatic carbocycles. The number of nitriles is 1. The lowest BCUT2D eigenvalue weighted by atomic mass is 10.1. The Bertz CT molecular complexity index is 501. The van der Waals surface area contributed by atoms with Gasteiger partial charge in [0.2, 0.25) is 0 Å². The monoisotopic (exact) mass is 278 g/mol. The Balaban J connectivity index is 1.93. The van der Waals surface area contributed by atoms with Gasteiger partial charge in [0.05, 0.1) is 12.7 Å². The number of benzene rings is 1. The minimum Gasteiger partial charge on any atom is -0.495 e. The van der Waals surface area contributed by atoms with Crippen LogP contribution in [0.4, 0.5) is 0 Å². The number of nitrogens with one attached hydrogen (secondary N) is 1. The predicted octanol–water partition coefficient (Wildman–Crippen LogP) is 1.57. The summed E-state index contributed by atoms with van der Waals surface area (Å²) in [5.74, 6) is 2.20. The second-order valence-corrected chi connectivity index (χ2v) is 6.35. The van der Waals surface area contributed by atoms with Crippen molar-refractivity contribution in [1.29, 1.82) is 5.26 Å². The van der Waals surface area contributed by atoms with E-state index in [1.807, 2.05) is 18.2 Å². The summed E-state index contributed by atoms with van der Waals surface area (Å²) in [4.78, 5) is 0. The molecule has 0 saturated carbocycles. The fourth-order valence-electron chi connectivity index (χ4n) is 2.21. The molecule has 0 radical (unpaired) electrons. The van der Waals surface area contributed by atoms with Gasteiger partial charge in [-0.1, -0.05) is 6.07 Å². The van der Waals surface area contributed by atoms with Crippen molar-refractivity contribution >= 4 is 10.8 Å². The third-order valence-corrected chi connectivity index (χ3v) is 4.75. The van der Waals surface area contributed by atoms with Gasteiger partial charge in [0.1, 0.15) is 11.8 Å². The molecule has 0 aromatic heterocycles. The normalized spacial score (nSPS) is 22.7. The molecule has 1 saturated heterocycles. The smallest absolute Gasteiger partial charge is 0.136 e. The van der Waals surface area contributed by atoms with E-state index in [1.54, 1.807) is 7.11 Å². The molecule has 0 unspecified atom stereocenters. The molecule has 5 heteroatoms. The summed E-state index contributed by atoms with van der Waals surface area (Å²) in [5.41, 5.74) is 1.63. The maximum absolute atomic E-state index is 11.3. The third-order valence-electron chi connectivity index (χ3n) is 3.37. The molecule has 1 N–H and O–H groups in total. The standard InChI is InChI=1S/C14H18N2O2S/c1-18-14-3-2-11(8-12(14)9-15)10-16-13-4-6-19(17)7-5-13/h2-3,8,13,16H,4-7,10H2,1H3. The third kappa shape index (κ3) is 3.79. The van der Waals surface area contributed by atoms with E-state index in [9.17, 15) is 4.21 Å². The Kier molecular flexibility index (Phi) is 4.94. The number of hydrogen-bond donors (Lipinski definition) is 1. The Morgan fingerprint density at radius 3 is 2.84 bits per heavy atom. The zero-order chi connectivity index (χ0) is 13.7. The van der Waals surface area contributed by atoms with E-state index in [0.717, 1.165) is 36.5 Å². The molecule has 1 aliphatic rings. The number of rotatable bonds is 4. The Morgan fingerprint density at radius 1 is 1.47 bits per heavy atom. The minimum absolute atomic E-state index is 0.435. The number of nitrogens with zero attached hydrogens (tertiary/aromatic N) is 1. The van der Waals surface area contributed by atoms with Crippen LogP contribution in [0.5, 0.6) is 5.75 Å². The average Bonchev–Trinajstić information content (AvgIpc) is 2.46. The second-order valence-electron chi connectivity index (χ2n) is 4.65. The highest BCUT2D eigenvalue weighted by Crippen LogP contribution is 2.19. The summed E-state index contributed by atoms with van der Waals surface area (Å²) in [6, 6.07) is 8.22. The van der Waals surface area contributed by atoms with E-state index in [2.05, 4.69) is 11.4 Å². The van der Waals surface area contributed by atoms with Crippen molar-refractivity contribution in [3.63, 3.8) is 0 Å². The Morgan fingerprint density at radius 2 is 2.21 bits per heavy atom. The van der Waals surface area contributed by atoms with Gasteiger partial charge in [-0.3, -0.25) is 4.21 Å². The first-order valence-corrected chi connectivity index (χ1v) is 7.87. The summed E-state index contributed by atoms with van der Waals surface area (Å²) in [6.45, 7) is 0.732. The Labute approximate surface area is 116 Å². The second kappa shape index (κ2) is 6.69. The first kappa shape index (κ1) is 14.0. The summed E-state index contributed by atoms with van der Waals surface area (Å²) in [6.07, 6.45) is 1.93. The molecule has 1 heterocycles. The van der Waals surface area contributed by atoms with Crippen LogP contribution in [0.15, 0.2) is 18.2 Å². The molecule has 1 aliphatic heterocycles. The van der Waals surface area contributed by atoms with Crippen molar-refractivity contribution in [2.45, 2.75) is 25.4 Å². The predicted molar refractivity (Wildman–Crippen MR) is 75.4 cm³/mol. The van der Waals surface area contributed by atoms with Crippen molar-refractivity contribution in [3.05, 3.63) is 29.3 Å². The fourth-order valence-corrected chi connectivity index (χ4v) is 3.51. The average molecular weight is 278 g/mol. The van der Waals surface area contributed by atoms with Crippen LogP contribution in [0.3, 0.4) is 0 Å². The van der Waals surface area contributed by atoms with Gasteiger partial charge >= 0.3 is 0 Å². The highest BCUT2D eigenvalue weighted by atomic mass is 32.2. The summed E-state index contributed by atoms with van der Waals surface area (Å²) in [7, 11) is 0.948. The number of ether oxygens (including phenoxy) is 1. The van der Waals surface area contributed by atoms with Crippen LogP contribution in [-0.2, 0) is 17.3 Å². The summed E-state index contributed by atoms with van der Waals surface area (Å²) < 4.78 is 16.4. The van der Waals surface area contributed by atoms with E-state index >= 15 is 0 Å². The number of hydrogen-bond acceptors (Lipinski definition) is 4. The first-order valence-electron chi connectivity index (χ1n) is 6.38. The van der Waals surface area contributed by atoms with Gasteiger partial charge < -0.3 is 10.1 Å². The van der Waals surface area contributed by atoms with Crippen molar-refractivity contribution < 1.29 is 8.95 Å². The lowest BCUT2D eigenvalue weighted by molar-refractivity contribution is 0.413. The molecular weight excluding hydrogens is 260 g/mol. The zero-order valence-electron chi connectivity index (χ0n) is 11.0. The van der Waals surface area contributed by atoms with Crippen LogP contribution in [0.25, 0.3) is 0 Å². The highest BCUT2D eigenvalue weighted by molar-refractivity contribution is 7.85. The molecule has 1 aromatic carbocycles. The molecule has 1 fully saturated rings. The fraction of sp³-hybridized carbons (Fsp3) is 0.500.